The molecule has 1 aliphatic heterocycles. The number of carbonyl (C=O) groups excluding carboxylic acids is 1. The van der Waals surface area contributed by atoms with Crippen molar-refractivity contribution in [2.24, 2.45) is 0 Å². The van der Waals surface area contributed by atoms with Gasteiger partial charge >= 0.3 is 0 Å². The first-order valence-corrected chi connectivity index (χ1v) is 10.3. The monoisotopic (exact) mass is 455 g/mol. The number of ether oxygens (including phenoxy) is 1. The van der Waals surface area contributed by atoms with Crippen molar-refractivity contribution in [1.29, 1.82) is 5.26 Å². The van der Waals surface area contributed by atoms with E-state index in [9.17, 15) is 13.6 Å². The number of nitriles is 1. The van der Waals surface area contributed by atoms with Crippen molar-refractivity contribution >= 4 is 5.91 Å². The van der Waals surface area contributed by atoms with Crippen LogP contribution >= 0.6 is 0 Å². The van der Waals surface area contributed by atoms with Crippen LogP contribution in [0.4, 0.5) is 13.2 Å². The maximum Gasteiger partial charge on any atom is 0.274 e. The van der Waals surface area contributed by atoms with Gasteiger partial charge in [-0.2, -0.15) is 9.65 Å². The topological polar surface area (TPSA) is 92.0 Å². The molecule has 0 radical (unpaired) electrons. The Hall–Kier alpha value is -3.84. The summed E-state index contributed by atoms with van der Waals surface area (Å²) in [5.74, 6) is -3.50. The van der Waals surface area contributed by atoms with Gasteiger partial charge < -0.3 is 15.4 Å². The second-order valence-corrected chi connectivity index (χ2v) is 7.55. The zero-order valence-electron chi connectivity index (χ0n) is 17.7. The second kappa shape index (κ2) is 9.34. The van der Waals surface area contributed by atoms with Crippen molar-refractivity contribution in [1.82, 2.24) is 20.2 Å². The highest BCUT2D eigenvalue weighted by molar-refractivity contribution is 5.93. The van der Waals surface area contributed by atoms with E-state index < -0.39 is 29.2 Å². The van der Waals surface area contributed by atoms with E-state index in [4.69, 9.17) is 10.00 Å². The molecule has 3 aromatic rings. The fourth-order valence-electron chi connectivity index (χ4n) is 3.74. The van der Waals surface area contributed by atoms with Crippen LogP contribution in [0.5, 0.6) is 5.75 Å². The van der Waals surface area contributed by atoms with Crippen LogP contribution in [0.1, 0.15) is 28.9 Å². The first kappa shape index (κ1) is 22.4. The number of halogens is 3. The summed E-state index contributed by atoms with van der Waals surface area (Å²) < 4.78 is 50.1. The third-order valence-corrected chi connectivity index (χ3v) is 5.41. The molecule has 4 rings (SSSR count). The summed E-state index contributed by atoms with van der Waals surface area (Å²) in [5.41, 5.74) is -0.566. The van der Waals surface area contributed by atoms with Crippen molar-refractivity contribution < 1.29 is 22.7 Å². The number of aromatic nitrogens is 2. The first-order chi connectivity index (χ1) is 15.9. The number of carbonyl (C=O) groups is 1. The van der Waals surface area contributed by atoms with E-state index in [0.29, 0.717) is 6.54 Å². The summed E-state index contributed by atoms with van der Waals surface area (Å²) >= 11 is 0. The summed E-state index contributed by atoms with van der Waals surface area (Å²) in [5, 5.41) is 14.9. The third kappa shape index (κ3) is 4.40. The molecule has 2 heterocycles. The molecule has 10 heteroatoms. The van der Waals surface area contributed by atoms with Gasteiger partial charge in [0.25, 0.3) is 5.91 Å². The molecule has 1 aromatic heterocycles. The van der Waals surface area contributed by atoms with Gasteiger partial charge in [0.05, 0.1) is 18.4 Å². The van der Waals surface area contributed by atoms with E-state index in [2.05, 4.69) is 15.6 Å². The average molecular weight is 455 g/mol. The Kier molecular flexibility index (Phi) is 6.33. The fourth-order valence-corrected chi connectivity index (χ4v) is 3.74. The largest absolute Gasteiger partial charge is 0.494 e. The Balaban J connectivity index is 1.82. The average Bonchev–Trinajstić information content (AvgIpc) is 3.16. The SMILES string of the molecule is COc1ccc(-n2c(-c3ccc(C#N)c(F)c3)nc(C(=O)N[C@@H]3CCCNC3)c2F)cc1F. The minimum Gasteiger partial charge on any atom is -0.494 e. The van der Waals surface area contributed by atoms with Crippen LogP contribution < -0.4 is 15.4 Å². The van der Waals surface area contributed by atoms with E-state index in [1.54, 1.807) is 6.07 Å². The molecular weight excluding hydrogens is 435 g/mol. The predicted octanol–water partition coefficient (Wildman–Crippen LogP) is 3.32. The summed E-state index contributed by atoms with van der Waals surface area (Å²) in [4.78, 5) is 17.0. The number of hydrogen-bond donors (Lipinski definition) is 2. The smallest absolute Gasteiger partial charge is 0.274 e. The van der Waals surface area contributed by atoms with Gasteiger partial charge in [-0.05, 0) is 49.7 Å². The first-order valence-electron chi connectivity index (χ1n) is 10.3. The maximum atomic E-state index is 15.6. The van der Waals surface area contributed by atoms with Crippen molar-refractivity contribution in [3.8, 4) is 28.9 Å². The Morgan fingerprint density at radius 2 is 2.06 bits per heavy atom. The van der Waals surface area contributed by atoms with Crippen LogP contribution in [-0.2, 0) is 0 Å². The number of nitrogens with one attached hydrogen (secondary N) is 2. The van der Waals surface area contributed by atoms with Crippen molar-refractivity contribution in [3.05, 3.63) is 65.2 Å². The standard InChI is InChI=1S/C23H20F3N5O2/c1-33-19-7-6-16(10-18(19)25)31-21(26)20(23(32)29-15-3-2-8-28-12-15)30-22(31)13-4-5-14(11-27)17(24)9-13/h4-7,9-10,15,28H,2-3,8,12H2,1H3,(H,29,32)/t15-/m1/s1. The van der Waals surface area contributed by atoms with Gasteiger partial charge in [-0.15, -0.1) is 0 Å². The lowest BCUT2D eigenvalue weighted by molar-refractivity contribution is 0.0921. The highest BCUT2D eigenvalue weighted by Crippen LogP contribution is 2.29. The number of rotatable bonds is 5. The normalized spacial score (nSPS) is 15.7. The van der Waals surface area contributed by atoms with Crippen LogP contribution in [0.2, 0.25) is 0 Å². The number of nitrogens with zero attached hydrogens (tertiary/aromatic N) is 3. The highest BCUT2D eigenvalue weighted by Gasteiger charge is 2.27. The lowest BCUT2D eigenvalue weighted by Crippen LogP contribution is -2.45. The molecule has 2 aromatic carbocycles. The molecular formula is C23H20F3N5O2. The molecule has 1 fully saturated rings. The summed E-state index contributed by atoms with van der Waals surface area (Å²) in [6, 6.07) is 8.87. The molecule has 0 spiro atoms. The number of piperidine rings is 1. The lowest BCUT2D eigenvalue weighted by atomic mass is 10.1. The Bertz CT molecular complexity index is 1250. The molecule has 1 saturated heterocycles. The Labute approximate surface area is 187 Å². The predicted molar refractivity (Wildman–Crippen MR) is 113 cm³/mol. The molecule has 0 unspecified atom stereocenters. The van der Waals surface area contributed by atoms with E-state index >= 15 is 4.39 Å². The molecule has 33 heavy (non-hydrogen) atoms. The lowest BCUT2D eigenvalue weighted by Gasteiger charge is -2.23. The quantitative estimate of drug-likeness (QED) is 0.616. The van der Waals surface area contributed by atoms with E-state index in [-0.39, 0.29) is 34.4 Å². The number of benzene rings is 2. The molecule has 7 nitrogen and oxygen atoms in total. The molecule has 0 aliphatic carbocycles. The minimum atomic E-state index is -1.03. The van der Waals surface area contributed by atoms with Crippen LogP contribution in [0.3, 0.4) is 0 Å². The van der Waals surface area contributed by atoms with Gasteiger partial charge in [0.1, 0.15) is 17.7 Å². The van der Waals surface area contributed by atoms with Crippen LogP contribution in [0.15, 0.2) is 36.4 Å². The highest BCUT2D eigenvalue weighted by atomic mass is 19.1. The van der Waals surface area contributed by atoms with Gasteiger partial charge in [0.2, 0.25) is 5.95 Å². The van der Waals surface area contributed by atoms with Crippen molar-refractivity contribution in [2.75, 3.05) is 20.2 Å². The van der Waals surface area contributed by atoms with Gasteiger partial charge in [0.15, 0.2) is 17.3 Å². The second-order valence-electron chi connectivity index (χ2n) is 7.55. The van der Waals surface area contributed by atoms with Crippen LogP contribution in [0.25, 0.3) is 17.1 Å². The number of methoxy groups -OCH3 is 1. The molecule has 2 N–H and O–H groups in total. The summed E-state index contributed by atoms with van der Waals surface area (Å²) in [7, 11) is 1.30. The van der Waals surface area contributed by atoms with E-state index in [1.807, 2.05) is 0 Å². The number of imidazole rings is 1. The van der Waals surface area contributed by atoms with Gasteiger partial charge in [-0.25, -0.2) is 13.8 Å². The Morgan fingerprint density at radius 1 is 1.24 bits per heavy atom. The third-order valence-electron chi connectivity index (χ3n) is 5.41. The zero-order chi connectivity index (χ0) is 23.5. The fraction of sp³-hybridized carbons (Fsp3) is 0.261. The van der Waals surface area contributed by atoms with Crippen LogP contribution in [-0.4, -0.2) is 41.7 Å². The van der Waals surface area contributed by atoms with Crippen molar-refractivity contribution in [2.45, 2.75) is 18.9 Å². The van der Waals surface area contributed by atoms with Crippen LogP contribution in [0, 0.1) is 28.9 Å². The molecule has 0 bridgehead atoms. The number of hydrogen-bond acceptors (Lipinski definition) is 5. The van der Waals surface area contributed by atoms with E-state index in [1.165, 1.54) is 31.4 Å². The van der Waals surface area contributed by atoms with Gasteiger partial charge in [-0.3, -0.25) is 9.36 Å². The molecule has 1 amide bonds. The summed E-state index contributed by atoms with van der Waals surface area (Å²) in [6.45, 7) is 1.39. The maximum absolute atomic E-state index is 15.6. The molecule has 170 valence electrons. The molecule has 0 saturated carbocycles. The van der Waals surface area contributed by atoms with Gasteiger partial charge in [-0.1, -0.05) is 0 Å². The van der Waals surface area contributed by atoms with Gasteiger partial charge in [0, 0.05) is 24.2 Å². The minimum absolute atomic E-state index is 0.0245. The van der Waals surface area contributed by atoms with E-state index in [0.717, 1.165) is 36.1 Å². The molecule has 1 aliphatic rings. The molecule has 1 atom stereocenters. The number of amides is 1. The zero-order valence-corrected chi connectivity index (χ0v) is 17.7. The summed E-state index contributed by atoms with van der Waals surface area (Å²) in [6.07, 6.45) is 1.60. The van der Waals surface area contributed by atoms with Crippen molar-refractivity contribution in [3.63, 3.8) is 0 Å². The Morgan fingerprint density at radius 3 is 2.70 bits per heavy atom.